The van der Waals surface area contributed by atoms with E-state index in [2.05, 4.69) is 41.5 Å². The number of aromatic nitrogens is 1. The van der Waals surface area contributed by atoms with Crippen LogP contribution in [0.5, 0.6) is 0 Å². The van der Waals surface area contributed by atoms with Crippen LogP contribution in [-0.2, 0) is 0 Å². The highest BCUT2D eigenvalue weighted by Crippen LogP contribution is 2.38. The fourth-order valence-corrected chi connectivity index (χ4v) is 3.01. The van der Waals surface area contributed by atoms with Crippen molar-refractivity contribution in [1.82, 2.24) is 4.98 Å². The summed E-state index contributed by atoms with van der Waals surface area (Å²) in [6, 6.07) is 9.48. The minimum atomic E-state index is 0.603. The lowest BCUT2D eigenvalue weighted by atomic mass is 9.75. The molecule has 1 aromatic carbocycles. The maximum Gasteiger partial charge on any atom is 0.182 e. The van der Waals surface area contributed by atoms with Crippen molar-refractivity contribution in [2.75, 3.05) is 5.32 Å². The molecule has 17 heavy (non-hydrogen) atoms. The van der Waals surface area contributed by atoms with Gasteiger partial charge in [-0.3, -0.25) is 0 Å². The summed E-state index contributed by atoms with van der Waals surface area (Å²) in [7, 11) is 0. The summed E-state index contributed by atoms with van der Waals surface area (Å²) in [4.78, 5) is 4.26. The zero-order chi connectivity index (χ0) is 11.7. The second kappa shape index (κ2) is 4.49. The van der Waals surface area contributed by atoms with Gasteiger partial charge in [0, 0.05) is 17.6 Å². The van der Waals surface area contributed by atoms with Crippen molar-refractivity contribution in [2.45, 2.75) is 31.7 Å². The van der Waals surface area contributed by atoms with E-state index in [-0.39, 0.29) is 0 Å². The molecule has 0 bridgehead atoms. The van der Waals surface area contributed by atoms with Gasteiger partial charge in [0.1, 0.15) is 0 Å². The van der Waals surface area contributed by atoms with Gasteiger partial charge in [0.15, 0.2) is 5.13 Å². The summed E-state index contributed by atoms with van der Waals surface area (Å²) in [5, 5.41) is 6.55. The normalized spacial score (nSPS) is 23.1. The Bertz CT molecular complexity index is 487. The topological polar surface area (TPSA) is 24.9 Å². The molecule has 1 heterocycles. The van der Waals surface area contributed by atoms with Crippen molar-refractivity contribution >= 4 is 16.5 Å². The first-order chi connectivity index (χ1) is 8.31. The van der Waals surface area contributed by atoms with Crippen LogP contribution in [-0.4, -0.2) is 11.0 Å². The van der Waals surface area contributed by atoms with Gasteiger partial charge in [0.25, 0.3) is 0 Å². The summed E-state index contributed by atoms with van der Waals surface area (Å²) < 4.78 is 0. The highest BCUT2D eigenvalue weighted by atomic mass is 32.1. The third kappa shape index (κ3) is 2.34. The first-order valence-corrected chi connectivity index (χ1v) is 6.92. The summed E-state index contributed by atoms with van der Waals surface area (Å²) >= 11 is 1.68. The SMILES string of the molecule is Cc1cccc(C2CC(Nc3nccs3)C2)c1. The number of anilines is 1. The molecule has 1 aliphatic rings. The molecule has 0 spiro atoms. The van der Waals surface area contributed by atoms with Crippen LogP contribution in [0.2, 0.25) is 0 Å². The molecule has 3 rings (SSSR count). The molecular formula is C14H16N2S. The summed E-state index contributed by atoms with van der Waals surface area (Å²) in [6.07, 6.45) is 4.30. The molecule has 0 unspecified atom stereocenters. The predicted molar refractivity (Wildman–Crippen MR) is 72.7 cm³/mol. The monoisotopic (exact) mass is 244 g/mol. The fourth-order valence-electron chi connectivity index (χ4n) is 2.40. The van der Waals surface area contributed by atoms with Crippen LogP contribution < -0.4 is 5.32 Å². The number of benzene rings is 1. The molecular weight excluding hydrogens is 228 g/mol. The van der Waals surface area contributed by atoms with Crippen molar-refractivity contribution in [3.05, 3.63) is 47.0 Å². The Hall–Kier alpha value is -1.35. The Labute approximate surface area is 106 Å². The van der Waals surface area contributed by atoms with Crippen LogP contribution in [0.15, 0.2) is 35.8 Å². The van der Waals surface area contributed by atoms with E-state index < -0.39 is 0 Å². The molecule has 0 atom stereocenters. The number of nitrogens with one attached hydrogen (secondary N) is 1. The molecule has 1 N–H and O–H groups in total. The molecule has 0 amide bonds. The molecule has 2 aromatic rings. The molecule has 3 heteroatoms. The van der Waals surface area contributed by atoms with E-state index in [0.29, 0.717) is 6.04 Å². The van der Waals surface area contributed by atoms with E-state index in [0.717, 1.165) is 11.0 Å². The van der Waals surface area contributed by atoms with Crippen LogP contribution in [0.4, 0.5) is 5.13 Å². The van der Waals surface area contributed by atoms with Crippen molar-refractivity contribution < 1.29 is 0 Å². The summed E-state index contributed by atoms with van der Waals surface area (Å²) in [5.41, 5.74) is 2.85. The molecule has 2 nitrogen and oxygen atoms in total. The van der Waals surface area contributed by atoms with E-state index in [4.69, 9.17) is 0 Å². The lowest BCUT2D eigenvalue weighted by molar-refractivity contribution is 0.374. The predicted octanol–water partition coefficient (Wildman–Crippen LogP) is 3.81. The molecule has 1 fully saturated rings. The van der Waals surface area contributed by atoms with Crippen molar-refractivity contribution in [1.29, 1.82) is 0 Å². The lowest BCUT2D eigenvalue weighted by Crippen LogP contribution is -2.33. The van der Waals surface area contributed by atoms with Gasteiger partial charge in [0.2, 0.25) is 0 Å². The van der Waals surface area contributed by atoms with E-state index in [9.17, 15) is 0 Å². The summed E-state index contributed by atoms with van der Waals surface area (Å²) in [5.74, 6) is 0.729. The zero-order valence-electron chi connectivity index (χ0n) is 9.89. The average molecular weight is 244 g/mol. The van der Waals surface area contributed by atoms with E-state index in [1.807, 2.05) is 11.6 Å². The van der Waals surface area contributed by atoms with Gasteiger partial charge in [-0.25, -0.2) is 4.98 Å². The Morgan fingerprint density at radius 1 is 1.35 bits per heavy atom. The minimum Gasteiger partial charge on any atom is -0.359 e. The van der Waals surface area contributed by atoms with E-state index in [1.54, 1.807) is 11.3 Å². The van der Waals surface area contributed by atoms with Gasteiger partial charge in [-0.05, 0) is 31.2 Å². The molecule has 1 aromatic heterocycles. The Morgan fingerprint density at radius 3 is 2.94 bits per heavy atom. The van der Waals surface area contributed by atoms with Gasteiger partial charge in [-0.1, -0.05) is 29.8 Å². The third-order valence-electron chi connectivity index (χ3n) is 3.41. The lowest BCUT2D eigenvalue weighted by Gasteiger charge is -2.36. The maximum absolute atomic E-state index is 4.26. The standard InChI is InChI=1S/C14H16N2S/c1-10-3-2-4-11(7-10)12-8-13(9-12)16-14-15-5-6-17-14/h2-7,12-13H,8-9H2,1H3,(H,15,16). The van der Waals surface area contributed by atoms with Gasteiger partial charge in [-0.15, -0.1) is 11.3 Å². The molecule has 1 saturated carbocycles. The fraction of sp³-hybridized carbons (Fsp3) is 0.357. The molecule has 88 valence electrons. The maximum atomic E-state index is 4.26. The van der Waals surface area contributed by atoms with Crippen LogP contribution in [0.3, 0.4) is 0 Å². The summed E-state index contributed by atoms with van der Waals surface area (Å²) in [6.45, 7) is 2.16. The smallest absolute Gasteiger partial charge is 0.182 e. The number of hydrogen-bond acceptors (Lipinski definition) is 3. The number of aryl methyl sites for hydroxylation is 1. The van der Waals surface area contributed by atoms with Crippen LogP contribution in [0.1, 0.15) is 29.9 Å². The van der Waals surface area contributed by atoms with Crippen molar-refractivity contribution in [3.8, 4) is 0 Å². The van der Waals surface area contributed by atoms with Crippen LogP contribution in [0, 0.1) is 6.92 Å². The highest BCUT2D eigenvalue weighted by Gasteiger charge is 2.30. The molecule has 1 aliphatic carbocycles. The number of rotatable bonds is 3. The Kier molecular flexibility index (Phi) is 2.85. The van der Waals surface area contributed by atoms with Gasteiger partial charge in [-0.2, -0.15) is 0 Å². The number of nitrogens with zero attached hydrogens (tertiary/aromatic N) is 1. The molecule has 0 saturated heterocycles. The second-order valence-corrected chi connectivity index (χ2v) is 5.66. The van der Waals surface area contributed by atoms with Gasteiger partial charge in [0.05, 0.1) is 0 Å². The molecule has 0 aliphatic heterocycles. The van der Waals surface area contributed by atoms with Gasteiger partial charge < -0.3 is 5.32 Å². The Balaban J connectivity index is 1.58. The quantitative estimate of drug-likeness (QED) is 0.888. The van der Waals surface area contributed by atoms with Gasteiger partial charge >= 0.3 is 0 Å². The first-order valence-electron chi connectivity index (χ1n) is 6.04. The highest BCUT2D eigenvalue weighted by molar-refractivity contribution is 7.13. The zero-order valence-corrected chi connectivity index (χ0v) is 10.7. The third-order valence-corrected chi connectivity index (χ3v) is 4.12. The number of thiazole rings is 1. The van der Waals surface area contributed by atoms with E-state index >= 15 is 0 Å². The largest absolute Gasteiger partial charge is 0.359 e. The molecule has 0 radical (unpaired) electrons. The van der Waals surface area contributed by atoms with Crippen molar-refractivity contribution in [2.24, 2.45) is 0 Å². The second-order valence-electron chi connectivity index (χ2n) is 4.76. The van der Waals surface area contributed by atoms with Crippen LogP contribution >= 0.6 is 11.3 Å². The van der Waals surface area contributed by atoms with E-state index in [1.165, 1.54) is 24.0 Å². The number of hydrogen-bond donors (Lipinski definition) is 1. The van der Waals surface area contributed by atoms with Crippen LogP contribution in [0.25, 0.3) is 0 Å². The first kappa shape index (κ1) is 10.8. The average Bonchev–Trinajstić information content (AvgIpc) is 2.75. The minimum absolute atomic E-state index is 0.603. The van der Waals surface area contributed by atoms with Crippen molar-refractivity contribution in [3.63, 3.8) is 0 Å². The Morgan fingerprint density at radius 2 is 2.24 bits per heavy atom.